The van der Waals surface area contributed by atoms with Crippen molar-refractivity contribution in [3.8, 4) is 0 Å². The van der Waals surface area contributed by atoms with Crippen LogP contribution >= 0.6 is 27.7 Å². The van der Waals surface area contributed by atoms with Gasteiger partial charge in [0, 0.05) is 35.0 Å². The predicted molar refractivity (Wildman–Crippen MR) is 87.6 cm³/mol. The fraction of sp³-hybridized carbons (Fsp3) is 0.571. The molecule has 2 atom stereocenters. The maximum Gasteiger partial charge on any atom is 0.0377 e. The molecule has 0 bridgehead atoms. The fourth-order valence-corrected chi connectivity index (χ4v) is 3.58. The molecule has 0 aliphatic rings. The zero-order valence-corrected chi connectivity index (χ0v) is 14.0. The zero-order chi connectivity index (χ0) is 13.7. The maximum absolute atomic E-state index is 5.93. The largest absolute Gasteiger partial charge is 0.371 e. The minimum atomic E-state index is 0.0619. The first-order valence-corrected chi connectivity index (χ1v) is 8.46. The van der Waals surface area contributed by atoms with Crippen LogP contribution in [0, 0.1) is 0 Å². The van der Waals surface area contributed by atoms with Gasteiger partial charge in [0.2, 0.25) is 0 Å². The van der Waals surface area contributed by atoms with E-state index in [2.05, 4.69) is 59.3 Å². The van der Waals surface area contributed by atoms with E-state index in [9.17, 15) is 0 Å². The van der Waals surface area contributed by atoms with E-state index in [0.717, 1.165) is 22.2 Å². The minimum Gasteiger partial charge on any atom is -0.371 e. The molecule has 0 aliphatic carbocycles. The highest BCUT2D eigenvalue weighted by Gasteiger charge is 2.14. The first kappa shape index (κ1) is 15.9. The van der Waals surface area contributed by atoms with E-state index < -0.39 is 0 Å². The Morgan fingerprint density at radius 1 is 1.44 bits per heavy atom. The highest BCUT2D eigenvalue weighted by Crippen LogP contribution is 2.28. The van der Waals surface area contributed by atoms with Gasteiger partial charge in [-0.2, -0.15) is 11.8 Å². The van der Waals surface area contributed by atoms with Crippen LogP contribution in [0.1, 0.15) is 31.9 Å². The van der Waals surface area contributed by atoms with Gasteiger partial charge in [-0.3, -0.25) is 0 Å². The number of halogens is 1. The number of rotatable bonds is 6. The van der Waals surface area contributed by atoms with Gasteiger partial charge in [0.1, 0.15) is 0 Å². The van der Waals surface area contributed by atoms with Crippen LogP contribution in [0.4, 0.5) is 5.69 Å². The van der Waals surface area contributed by atoms with Crippen molar-refractivity contribution in [2.75, 3.05) is 24.0 Å². The summed E-state index contributed by atoms with van der Waals surface area (Å²) in [5.74, 6) is 1.15. The number of thioether (sulfide) groups is 1. The molecule has 102 valence electrons. The van der Waals surface area contributed by atoms with E-state index in [4.69, 9.17) is 5.73 Å². The standard InChI is InChI=1S/C14H23BrN2S/c1-5-11(9-18-4)17(3)12-6-7-13(10(2)16)14(15)8-12/h6-8,10-11H,5,9,16H2,1-4H3/t10-,11?/m0/s1. The van der Waals surface area contributed by atoms with Gasteiger partial charge in [0.25, 0.3) is 0 Å². The first-order valence-electron chi connectivity index (χ1n) is 6.28. The second-order valence-corrected chi connectivity index (χ2v) is 6.39. The second kappa shape index (κ2) is 7.41. The molecule has 0 aliphatic heterocycles. The van der Waals surface area contributed by atoms with Crippen LogP contribution in [0.15, 0.2) is 22.7 Å². The summed E-state index contributed by atoms with van der Waals surface area (Å²) in [5.41, 5.74) is 8.33. The summed E-state index contributed by atoms with van der Waals surface area (Å²) in [6.07, 6.45) is 3.32. The summed E-state index contributed by atoms with van der Waals surface area (Å²) in [5, 5.41) is 0. The van der Waals surface area contributed by atoms with Gasteiger partial charge in [-0.25, -0.2) is 0 Å². The lowest BCUT2D eigenvalue weighted by Crippen LogP contribution is -2.33. The number of anilines is 1. The number of nitrogens with zero attached hydrogens (tertiary/aromatic N) is 1. The topological polar surface area (TPSA) is 29.3 Å². The Kier molecular flexibility index (Phi) is 6.53. The third-order valence-corrected chi connectivity index (χ3v) is 4.66. The first-order chi connectivity index (χ1) is 8.51. The molecule has 0 heterocycles. The molecule has 1 unspecified atom stereocenters. The van der Waals surface area contributed by atoms with Crippen LogP contribution in [0.3, 0.4) is 0 Å². The Balaban J connectivity index is 2.92. The zero-order valence-electron chi connectivity index (χ0n) is 11.6. The number of hydrogen-bond acceptors (Lipinski definition) is 3. The van der Waals surface area contributed by atoms with Crippen LogP contribution in [-0.2, 0) is 0 Å². The van der Waals surface area contributed by atoms with E-state index in [1.54, 1.807) is 0 Å². The molecule has 18 heavy (non-hydrogen) atoms. The highest BCUT2D eigenvalue weighted by molar-refractivity contribution is 9.10. The Labute approximate surface area is 123 Å². The van der Waals surface area contributed by atoms with Gasteiger partial charge in [0.15, 0.2) is 0 Å². The summed E-state index contributed by atoms with van der Waals surface area (Å²) in [4.78, 5) is 2.35. The summed E-state index contributed by atoms with van der Waals surface area (Å²) >= 11 is 5.51. The van der Waals surface area contributed by atoms with Crippen molar-refractivity contribution in [2.45, 2.75) is 32.4 Å². The molecule has 0 saturated heterocycles. The SMILES string of the molecule is CCC(CSC)N(C)c1ccc([C@H](C)N)c(Br)c1. The van der Waals surface area contributed by atoms with Crippen molar-refractivity contribution in [3.63, 3.8) is 0 Å². The van der Waals surface area contributed by atoms with Crippen molar-refractivity contribution >= 4 is 33.4 Å². The van der Waals surface area contributed by atoms with Crippen molar-refractivity contribution in [2.24, 2.45) is 5.73 Å². The Morgan fingerprint density at radius 3 is 2.56 bits per heavy atom. The van der Waals surface area contributed by atoms with Gasteiger partial charge < -0.3 is 10.6 Å². The van der Waals surface area contributed by atoms with Gasteiger partial charge >= 0.3 is 0 Å². The van der Waals surface area contributed by atoms with Crippen molar-refractivity contribution < 1.29 is 0 Å². The number of nitrogens with two attached hydrogens (primary N) is 1. The van der Waals surface area contributed by atoms with Gasteiger partial charge in [-0.15, -0.1) is 0 Å². The monoisotopic (exact) mass is 330 g/mol. The molecule has 1 aromatic rings. The molecule has 0 fully saturated rings. The molecule has 0 saturated carbocycles. The third-order valence-electron chi connectivity index (χ3n) is 3.26. The van der Waals surface area contributed by atoms with Crippen molar-refractivity contribution in [1.29, 1.82) is 0 Å². The summed E-state index contributed by atoms with van der Waals surface area (Å²) in [7, 11) is 2.16. The van der Waals surface area contributed by atoms with Gasteiger partial charge in [0.05, 0.1) is 0 Å². The highest BCUT2D eigenvalue weighted by atomic mass is 79.9. The Bertz CT molecular complexity index is 382. The molecule has 0 amide bonds. The second-order valence-electron chi connectivity index (χ2n) is 4.62. The molecule has 1 aromatic carbocycles. The van der Waals surface area contributed by atoms with Gasteiger partial charge in [-0.05, 0) is 37.3 Å². The summed E-state index contributed by atoms with van der Waals surface area (Å²) in [6.45, 7) is 4.24. The number of hydrogen-bond donors (Lipinski definition) is 1. The van der Waals surface area contributed by atoms with E-state index in [1.807, 2.05) is 18.7 Å². The molecule has 2 N–H and O–H groups in total. The van der Waals surface area contributed by atoms with E-state index in [-0.39, 0.29) is 6.04 Å². The summed E-state index contributed by atoms with van der Waals surface area (Å²) < 4.78 is 1.10. The predicted octanol–water partition coefficient (Wildman–Crippen LogP) is 4.05. The molecule has 1 rings (SSSR count). The van der Waals surface area contributed by atoms with Gasteiger partial charge in [-0.1, -0.05) is 28.9 Å². The van der Waals surface area contributed by atoms with Crippen molar-refractivity contribution in [1.82, 2.24) is 0 Å². The third kappa shape index (κ3) is 3.90. The lowest BCUT2D eigenvalue weighted by Gasteiger charge is -2.29. The molecule has 4 heteroatoms. The van der Waals surface area contributed by atoms with Crippen molar-refractivity contribution in [3.05, 3.63) is 28.2 Å². The fourth-order valence-electron chi connectivity index (χ4n) is 2.01. The molecule has 2 nitrogen and oxygen atoms in total. The van der Waals surface area contributed by atoms with Crippen LogP contribution in [-0.4, -0.2) is 25.1 Å². The van der Waals surface area contributed by atoms with Crippen LogP contribution < -0.4 is 10.6 Å². The average Bonchev–Trinajstić information content (AvgIpc) is 2.34. The lowest BCUT2D eigenvalue weighted by atomic mass is 10.1. The quantitative estimate of drug-likeness (QED) is 0.853. The molecule has 0 radical (unpaired) electrons. The van der Waals surface area contributed by atoms with Crippen LogP contribution in [0.25, 0.3) is 0 Å². The minimum absolute atomic E-state index is 0.0619. The molecular formula is C14H23BrN2S. The normalized spacial score (nSPS) is 14.3. The number of benzene rings is 1. The van der Waals surface area contributed by atoms with Crippen LogP contribution in [0.2, 0.25) is 0 Å². The van der Waals surface area contributed by atoms with E-state index >= 15 is 0 Å². The van der Waals surface area contributed by atoms with E-state index in [1.165, 1.54) is 5.69 Å². The summed E-state index contributed by atoms with van der Waals surface area (Å²) in [6, 6.07) is 7.08. The average molecular weight is 331 g/mol. The molecule has 0 aromatic heterocycles. The molecule has 0 spiro atoms. The maximum atomic E-state index is 5.93. The Morgan fingerprint density at radius 2 is 2.11 bits per heavy atom. The smallest absolute Gasteiger partial charge is 0.0377 e. The Hall–Kier alpha value is -0.190. The molecular weight excluding hydrogens is 308 g/mol. The van der Waals surface area contributed by atoms with Crippen LogP contribution in [0.5, 0.6) is 0 Å². The van der Waals surface area contributed by atoms with E-state index in [0.29, 0.717) is 6.04 Å². The lowest BCUT2D eigenvalue weighted by molar-refractivity contribution is 0.672.